The van der Waals surface area contributed by atoms with E-state index in [-0.39, 0.29) is 0 Å². The number of carbonyl (C=O) groups excluding carboxylic acids is 2. The smallest absolute Gasteiger partial charge is 0.311 e. The summed E-state index contributed by atoms with van der Waals surface area (Å²) in [5.41, 5.74) is 0. The van der Waals surface area contributed by atoms with E-state index in [1.807, 2.05) is 6.92 Å². The van der Waals surface area contributed by atoms with Crippen LogP contribution in [0.25, 0.3) is 0 Å². The SMILES string of the molecule is CCCCN(C)C(=O)C(=O)NCCC. The van der Waals surface area contributed by atoms with Crippen LogP contribution >= 0.6 is 0 Å². The number of unbranched alkanes of at least 4 members (excludes halogenated alkanes) is 1. The second kappa shape index (κ2) is 7.35. The zero-order valence-electron chi connectivity index (χ0n) is 9.30. The summed E-state index contributed by atoms with van der Waals surface area (Å²) in [6.07, 6.45) is 2.80. The Hall–Kier alpha value is -1.06. The van der Waals surface area contributed by atoms with Gasteiger partial charge in [0, 0.05) is 20.1 Å². The van der Waals surface area contributed by atoms with E-state index in [9.17, 15) is 9.59 Å². The Morgan fingerprint density at radius 2 is 1.86 bits per heavy atom. The van der Waals surface area contributed by atoms with Gasteiger partial charge in [0.05, 0.1) is 0 Å². The highest BCUT2D eigenvalue weighted by molar-refractivity contribution is 6.34. The number of likely N-dealkylation sites (N-methyl/N-ethyl adjacent to an activating group) is 1. The van der Waals surface area contributed by atoms with Crippen LogP contribution in [0.3, 0.4) is 0 Å². The molecule has 0 spiro atoms. The predicted molar refractivity (Wildman–Crippen MR) is 55.8 cm³/mol. The molecule has 0 aromatic rings. The summed E-state index contributed by atoms with van der Waals surface area (Å²) in [7, 11) is 1.66. The zero-order valence-corrected chi connectivity index (χ0v) is 9.30. The molecule has 0 aromatic carbocycles. The summed E-state index contributed by atoms with van der Waals surface area (Å²) in [5, 5.41) is 2.56. The van der Waals surface area contributed by atoms with Crippen molar-refractivity contribution >= 4 is 11.8 Å². The molecule has 14 heavy (non-hydrogen) atoms. The lowest BCUT2D eigenvalue weighted by molar-refractivity contribution is -0.145. The fourth-order valence-electron chi connectivity index (χ4n) is 0.984. The molecule has 0 saturated carbocycles. The van der Waals surface area contributed by atoms with Gasteiger partial charge in [-0.3, -0.25) is 9.59 Å². The fourth-order valence-corrected chi connectivity index (χ4v) is 0.984. The van der Waals surface area contributed by atoms with Crippen LogP contribution in [0.5, 0.6) is 0 Å². The van der Waals surface area contributed by atoms with Gasteiger partial charge in [-0.25, -0.2) is 0 Å². The second-order valence-electron chi connectivity index (χ2n) is 3.34. The Bertz CT molecular complexity index is 193. The highest BCUT2D eigenvalue weighted by Gasteiger charge is 2.16. The third-order valence-electron chi connectivity index (χ3n) is 1.92. The van der Waals surface area contributed by atoms with Crippen LogP contribution in [-0.4, -0.2) is 36.9 Å². The lowest BCUT2D eigenvalue weighted by Crippen LogP contribution is -2.41. The molecule has 0 aliphatic carbocycles. The Morgan fingerprint density at radius 1 is 1.21 bits per heavy atom. The minimum absolute atomic E-state index is 0.438. The third-order valence-corrected chi connectivity index (χ3v) is 1.92. The largest absolute Gasteiger partial charge is 0.348 e. The standard InChI is InChI=1S/C10H20N2O2/c1-4-6-8-12(3)10(14)9(13)11-7-5-2/h4-8H2,1-3H3,(H,11,13). The first-order chi connectivity index (χ1) is 6.63. The van der Waals surface area contributed by atoms with Gasteiger partial charge >= 0.3 is 11.8 Å². The summed E-state index contributed by atoms with van der Waals surface area (Å²) in [5.74, 6) is -0.933. The Balaban J connectivity index is 3.85. The van der Waals surface area contributed by atoms with Crippen molar-refractivity contribution < 1.29 is 9.59 Å². The molecule has 0 fully saturated rings. The van der Waals surface area contributed by atoms with E-state index >= 15 is 0 Å². The number of nitrogens with zero attached hydrogens (tertiary/aromatic N) is 1. The maximum atomic E-state index is 11.4. The lowest BCUT2D eigenvalue weighted by Gasteiger charge is -2.15. The van der Waals surface area contributed by atoms with E-state index in [4.69, 9.17) is 0 Å². The van der Waals surface area contributed by atoms with E-state index in [2.05, 4.69) is 12.2 Å². The number of nitrogens with one attached hydrogen (secondary N) is 1. The molecule has 82 valence electrons. The van der Waals surface area contributed by atoms with Crippen molar-refractivity contribution in [1.82, 2.24) is 10.2 Å². The minimum atomic E-state index is -0.495. The number of hydrogen-bond donors (Lipinski definition) is 1. The molecule has 1 N–H and O–H groups in total. The van der Waals surface area contributed by atoms with Crippen molar-refractivity contribution in [3.63, 3.8) is 0 Å². The van der Waals surface area contributed by atoms with Crippen LogP contribution in [-0.2, 0) is 9.59 Å². The molecule has 0 atom stereocenters. The van der Waals surface area contributed by atoms with Crippen molar-refractivity contribution in [3.8, 4) is 0 Å². The molecular formula is C10H20N2O2. The molecular weight excluding hydrogens is 180 g/mol. The maximum Gasteiger partial charge on any atom is 0.311 e. The quantitative estimate of drug-likeness (QED) is 0.666. The van der Waals surface area contributed by atoms with Crippen LogP contribution in [0, 0.1) is 0 Å². The van der Waals surface area contributed by atoms with E-state index in [1.165, 1.54) is 4.90 Å². The fraction of sp³-hybridized carbons (Fsp3) is 0.800. The normalized spacial score (nSPS) is 9.64. The average molecular weight is 200 g/mol. The van der Waals surface area contributed by atoms with Crippen molar-refractivity contribution in [1.29, 1.82) is 0 Å². The Kier molecular flexibility index (Phi) is 6.80. The third kappa shape index (κ3) is 4.84. The van der Waals surface area contributed by atoms with Gasteiger partial charge in [-0.1, -0.05) is 20.3 Å². The summed E-state index contributed by atoms with van der Waals surface area (Å²) >= 11 is 0. The van der Waals surface area contributed by atoms with Gasteiger partial charge < -0.3 is 10.2 Å². The van der Waals surface area contributed by atoms with Crippen molar-refractivity contribution in [2.45, 2.75) is 33.1 Å². The van der Waals surface area contributed by atoms with Crippen molar-refractivity contribution in [3.05, 3.63) is 0 Å². The summed E-state index contributed by atoms with van der Waals surface area (Å²) in [6, 6.07) is 0. The summed E-state index contributed by atoms with van der Waals surface area (Å²) in [4.78, 5) is 24.0. The van der Waals surface area contributed by atoms with Gasteiger partial charge in [-0.2, -0.15) is 0 Å². The minimum Gasteiger partial charge on any atom is -0.348 e. The van der Waals surface area contributed by atoms with Gasteiger partial charge in [0.25, 0.3) is 0 Å². The predicted octanol–water partition coefficient (Wildman–Crippen LogP) is 0.771. The molecule has 0 aromatic heterocycles. The highest BCUT2D eigenvalue weighted by Crippen LogP contribution is 1.92. The second-order valence-corrected chi connectivity index (χ2v) is 3.34. The lowest BCUT2D eigenvalue weighted by atomic mass is 10.3. The average Bonchev–Trinajstić information content (AvgIpc) is 2.21. The van der Waals surface area contributed by atoms with E-state index < -0.39 is 11.8 Å². The molecule has 0 bridgehead atoms. The number of rotatable bonds is 5. The summed E-state index contributed by atoms with van der Waals surface area (Å²) in [6.45, 7) is 5.21. The van der Waals surface area contributed by atoms with Crippen LogP contribution in [0.2, 0.25) is 0 Å². The Morgan fingerprint density at radius 3 is 2.36 bits per heavy atom. The van der Waals surface area contributed by atoms with Gasteiger partial charge in [0.15, 0.2) is 0 Å². The summed E-state index contributed by atoms with van der Waals surface area (Å²) < 4.78 is 0. The van der Waals surface area contributed by atoms with Crippen LogP contribution < -0.4 is 5.32 Å². The van der Waals surface area contributed by atoms with E-state index in [1.54, 1.807) is 7.05 Å². The molecule has 0 aliphatic rings. The molecule has 0 heterocycles. The van der Waals surface area contributed by atoms with Crippen LogP contribution in [0.15, 0.2) is 0 Å². The first-order valence-corrected chi connectivity index (χ1v) is 5.16. The molecule has 4 nitrogen and oxygen atoms in total. The van der Waals surface area contributed by atoms with Gasteiger partial charge in [-0.05, 0) is 12.8 Å². The van der Waals surface area contributed by atoms with Crippen molar-refractivity contribution in [2.24, 2.45) is 0 Å². The zero-order chi connectivity index (χ0) is 11.0. The molecule has 0 aliphatic heterocycles. The molecule has 0 rings (SSSR count). The van der Waals surface area contributed by atoms with Gasteiger partial charge in [0.1, 0.15) is 0 Å². The molecule has 4 heteroatoms. The van der Waals surface area contributed by atoms with E-state index in [0.29, 0.717) is 13.1 Å². The number of carbonyl (C=O) groups is 2. The first kappa shape index (κ1) is 12.9. The molecule has 0 saturated heterocycles. The van der Waals surface area contributed by atoms with Crippen LogP contribution in [0.4, 0.5) is 0 Å². The first-order valence-electron chi connectivity index (χ1n) is 5.16. The van der Waals surface area contributed by atoms with E-state index in [0.717, 1.165) is 19.3 Å². The van der Waals surface area contributed by atoms with Crippen LogP contribution in [0.1, 0.15) is 33.1 Å². The molecule has 0 unspecified atom stereocenters. The number of amides is 2. The molecule has 2 amide bonds. The monoisotopic (exact) mass is 200 g/mol. The van der Waals surface area contributed by atoms with Crippen molar-refractivity contribution in [2.75, 3.05) is 20.1 Å². The van der Waals surface area contributed by atoms with Gasteiger partial charge in [-0.15, -0.1) is 0 Å². The van der Waals surface area contributed by atoms with Gasteiger partial charge in [0.2, 0.25) is 0 Å². The number of hydrogen-bond acceptors (Lipinski definition) is 2. The highest BCUT2D eigenvalue weighted by atomic mass is 16.2. The Labute approximate surface area is 85.7 Å². The maximum absolute atomic E-state index is 11.4. The molecule has 0 radical (unpaired) electrons. The topological polar surface area (TPSA) is 49.4 Å².